The van der Waals surface area contributed by atoms with E-state index < -0.39 is 17.8 Å². The fourth-order valence-corrected chi connectivity index (χ4v) is 4.27. The molecule has 2 aromatic carbocycles. The van der Waals surface area contributed by atoms with Gasteiger partial charge in [-0.2, -0.15) is 13.2 Å². The Balaban J connectivity index is 1.10. The molecule has 0 saturated carbocycles. The van der Waals surface area contributed by atoms with Gasteiger partial charge in [-0.05, 0) is 29.8 Å². The number of rotatable bonds is 6. The molecular weight excluding hydrogens is 505 g/mol. The van der Waals surface area contributed by atoms with Crippen LogP contribution in [0.25, 0.3) is 0 Å². The SMILES string of the molecule is O=C(C1COc2ccccc2O1)N1CCN(Cc2cc(=O)c(OCc3ccc(C(F)(F)F)cc3)co2)CC1. The summed E-state index contributed by atoms with van der Waals surface area (Å²) >= 11 is 0. The number of piperazine rings is 1. The number of fused-ring (bicyclic) bond motifs is 1. The van der Waals surface area contributed by atoms with Crippen LogP contribution in [0.4, 0.5) is 13.2 Å². The Labute approximate surface area is 216 Å². The highest BCUT2D eigenvalue weighted by Crippen LogP contribution is 2.31. The zero-order chi connectivity index (χ0) is 26.7. The van der Waals surface area contributed by atoms with Gasteiger partial charge in [0, 0.05) is 32.2 Å². The fourth-order valence-electron chi connectivity index (χ4n) is 4.27. The second-order valence-corrected chi connectivity index (χ2v) is 9.02. The van der Waals surface area contributed by atoms with Crippen LogP contribution in [0.2, 0.25) is 0 Å². The van der Waals surface area contributed by atoms with Crippen molar-refractivity contribution in [2.45, 2.75) is 25.4 Å². The molecule has 0 radical (unpaired) electrons. The molecular formula is C27H25F3N2O6. The van der Waals surface area contributed by atoms with Crippen LogP contribution < -0.4 is 19.6 Å². The van der Waals surface area contributed by atoms with Crippen molar-refractivity contribution in [1.29, 1.82) is 0 Å². The normalized spacial score (nSPS) is 17.8. The van der Waals surface area contributed by atoms with Gasteiger partial charge < -0.3 is 23.5 Å². The van der Waals surface area contributed by atoms with E-state index in [0.29, 0.717) is 55.5 Å². The maximum absolute atomic E-state index is 12.9. The van der Waals surface area contributed by atoms with Crippen molar-refractivity contribution in [2.75, 3.05) is 32.8 Å². The number of alkyl halides is 3. The lowest BCUT2D eigenvalue weighted by atomic mass is 10.1. The number of hydrogen-bond acceptors (Lipinski definition) is 7. The lowest BCUT2D eigenvalue weighted by molar-refractivity contribution is -0.143. The summed E-state index contributed by atoms with van der Waals surface area (Å²) in [4.78, 5) is 29.2. The summed E-state index contributed by atoms with van der Waals surface area (Å²) in [6, 6.07) is 13.1. The van der Waals surface area contributed by atoms with Gasteiger partial charge >= 0.3 is 6.18 Å². The Kier molecular flexibility index (Phi) is 7.28. The number of hydrogen-bond donors (Lipinski definition) is 0. The first-order chi connectivity index (χ1) is 18.3. The highest BCUT2D eigenvalue weighted by atomic mass is 19.4. The first-order valence-electron chi connectivity index (χ1n) is 12.1. The maximum Gasteiger partial charge on any atom is 0.416 e. The lowest BCUT2D eigenvalue weighted by Gasteiger charge is -2.36. The van der Waals surface area contributed by atoms with Gasteiger partial charge in [0.1, 0.15) is 25.2 Å². The van der Waals surface area contributed by atoms with E-state index >= 15 is 0 Å². The molecule has 1 fully saturated rings. The van der Waals surface area contributed by atoms with Crippen molar-refractivity contribution in [1.82, 2.24) is 9.80 Å². The summed E-state index contributed by atoms with van der Waals surface area (Å²) in [6.07, 6.45) is -3.89. The highest BCUT2D eigenvalue weighted by molar-refractivity contribution is 5.82. The Morgan fingerprint density at radius 2 is 1.71 bits per heavy atom. The third kappa shape index (κ3) is 5.94. The number of para-hydroxylation sites is 2. The molecule has 3 aromatic rings. The number of amides is 1. The van der Waals surface area contributed by atoms with E-state index in [1.807, 2.05) is 12.1 Å². The Morgan fingerprint density at radius 3 is 2.39 bits per heavy atom. The molecule has 3 heterocycles. The van der Waals surface area contributed by atoms with Crippen molar-refractivity contribution >= 4 is 5.91 Å². The van der Waals surface area contributed by atoms with Gasteiger partial charge in [-0.15, -0.1) is 0 Å². The average Bonchev–Trinajstić information content (AvgIpc) is 2.92. The van der Waals surface area contributed by atoms with E-state index in [1.54, 1.807) is 17.0 Å². The van der Waals surface area contributed by atoms with Gasteiger partial charge in [0.2, 0.25) is 17.3 Å². The average molecular weight is 530 g/mol. The van der Waals surface area contributed by atoms with Gasteiger partial charge in [0.25, 0.3) is 5.91 Å². The Morgan fingerprint density at radius 1 is 1.00 bits per heavy atom. The molecule has 1 atom stereocenters. The second-order valence-electron chi connectivity index (χ2n) is 9.02. The summed E-state index contributed by atoms with van der Waals surface area (Å²) in [5.74, 6) is 1.47. The van der Waals surface area contributed by atoms with Crippen LogP contribution in [0.5, 0.6) is 17.2 Å². The molecule has 38 heavy (non-hydrogen) atoms. The molecule has 0 bridgehead atoms. The fraction of sp³-hybridized carbons (Fsp3) is 0.333. The van der Waals surface area contributed by atoms with E-state index in [2.05, 4.69) is 4.90 Å². The standard InChI is InChI=1S/C27H25F3N2O6/c28-27(29,30)19-7-5-18(6-8-19)15-36-24-16-35-20(13-21(24)33)14-31-9-11-32(12-10-31)26(34)25-17-37-22-3-1-2-4-23(22)38-25/h1-8,13,16,25H,9-12,14-15,17H2. The zero-order valence-electron chi connectivity index (χ0n) is 20.3. The van der Waals surface area contributed by atoms with Crippen molar-refractivity contribution in [2.24, 2.45) is 0 Å². The summed E-state index contributed by atoms with van der Waals surface area (Å²) in [7, 11) is 0. The van der Waals surface area contributed by atoms with Gasteiger partial charge in [-0.3, -0.25) is 14.5 Å². The zero-order valence-corrected chi connectivity index (χ0v) is 20.3. The molecule has 5 rings (SSSR count). The summed E-state index contributed by atoms with van der Waals surface area (Å²) in [5, 5.41) is 0. The van der Waals surface area contributed by atoms with E-state index in [1.165, 1.54) is 24.5 Å². The Hall–Kier alpha value is -3.99. The summed E-state index contributed by atoms with van der Waals surface area (Å²) < 4.78 is 60.6. The smallest absolute Gasteiger partial charge is 0.416 e. The number of carbonyl (C=O) groups is 1. The quantitative estimate of drug-likeness (QED) is 0.481. The van der Waals surface area contributed by atoms with Crippen LogP contribution in [0.3, 0.4) is 0 Å². The first-order valence-corrected chi connectivity index (χ1v) is 12.1. The van der Waals surface area contributed by atoms with E-state index in [0.717, 1.165) is 12.1 Å². The summed E-state index contributed by atoms with van der Waals surface area (Å²) in [5.41, 5.74) is -0.651. The minimum Gasteiger partial charge on any atom is -0.485 e. The summed E-state index contributed by atoms with van der Waals surface area (Å²) in [6.45, 7) is 2.65. The number of carbonyl (C=O) groups excluding carboxylic acids is 1. The molecule has 11 heteroatoms. The van der Waals surface area contributed by atoms with Crippen molar-refractivity contribution in [3.8, 4) is 17.2 Å². The molecule has 2 aliphatic rings. The monoisotopic (exact) mass is 530 g/mol. The van der Waals surface area contributed by atoms with Crippen LogP contribution in [-0.4, -0.2) is 54.6 Å². The number of benzene rings is 2. The minimum atomic E-state index is -4.41. The molecule has 8 nitrogen and oxygen atoms in total. The van der Waals surface area contributed by atoms with Crippen LogP contribution in [-0.2, 0) is 24.1 Å². The van der Waals surface area contributed by atoms with Gasteiger partial charge in [0.05, 0.1) is 12.1 Å². The maximum atomic E-state index is 12.9. The van der Waals surface area contributed by atoms with Gasteiger partial charge in [0.15, 0.2) is 11.5 Å². The molecule has 1 unspecified atom stereocenters. The molecule has 1 saturated heterocycles. The van der Waals surface area contributed by atoms with E-state index in [-0.39, 0.29) is 30.3 Å². The van der Waals surface area contributed by atoms with Crippen LogP contribution in [0.15, 0.2) is 70.1 Å². The Bertz CT molecular complexity index is 1330. The topological polar surface area (TPSA) is 81.5 Å². The third-order valence-electron chi connectivity index (χ3n) is 6.38. The molecule has 0 aliphatic carbocycles. The first kappa shape index (κ1) is 25.7. The van der Waals surface area contributed by atoms with E-state index in [4.69, 9.17) is 18.6 Å². The minimum absolute atomic E-state index is 0.0275. The molecule has 0 spiro atoms. The predicted molar refractivity (Wildman–Crippen MR) is 129 cm³/mol. The lowest BCUT2D eigenvalue weighted by Crippen LogP contribution is -2.53. The largest absolute Gasteiger partial charge is 0.485 e. The predicted octanol–water partition coefficient (Wildman–Crippen LogP) is 3.72. The van der Waals surface area contributed by atoms with Gasteiger partial charge in [-0.1, -0.05) is 24.3 Å². The molecule has 0 N–H and O–H groups in total. The number of nitrogens with zero attached hydrogens (tertiary/aromatic N) is 2. The second kappa shape index (κ2) is 10.8. The molecule has 2 aliphatic heterocycles. The van der Waals surface area contributed by atoms with E-state index in [9.17, 15) is 22.8 Å². The van der Waals surface area contributed by atoms with Crippen molar-refractivity contribution in [3.05, 3.63) is 88.0 Å². The number of ether oxygens (including phenoxy) is 3. The van der Waals surface area contributed by atoms with Crippen LogP contribution in [0.1, 0.15) is 16.9 Å². The van der Waals surface area contributed by atoms with Gasteiger partial charge in [-0.25, -0.2) is 0 Å². The third-order valence-corrected chi connectivity index (χ3v) is 6.38. The van der Waals surface area contributed by atoms with Crippen molar-refractivity contribution < 1.29 is 36.6 Å². The van der Waals surface area contributed by atoms with Crippen LogP contribution in [0, 0.1) is 0 Å². The molecule has 1 amide bonds. The highest BCUT2D eigenvalue weighted by Gasteiger charge is 2.33. The number of halogens is 3. The molecule has 200 valence electrons. The molecule has 1 aromatic heterocycles. The van der Waals surface area contributed by atoms with Crippen molar-refractivity contribution in [3.63, 3.8) is 0 Å². The van der Waals surface area contributed by atoms with Crippen LogP contribution >= 0.6 is 0 Å².